The largest absolute Gasteiger partial charge is 0.481 e. The Morgan fingerprint density at radius 1 is 1.48 bits per heavy atom. The second kappa shape index (κ2) is 5.55. The summed E-state index contributed by atoms with van der Waals surface area (Å²) in [6, 6.07) is 2.03. The molecule has 8 nitrogen and oxygen atoms in total. The number of H-pyrrole nitrogens is 1. The van der Waals surface area contributed by atoms with Gasteiger partial charge in [0.05, 0.1) is 5.41 Å². The second-order valence-corrected chi connectivity index (χ2v) is 5.51. The van der Waals surface area contributed by atoms with Crippen LogP contribution in [-0.2, 0) is 4.79 Å². The zero-order valence-electron chi connectivity index (χ0n) is 11.6. The maximum Gasteiger partial charge on any atom is 0.321 e. The van der Waals surface area contributed by atoms with Crippen LogP contribution in [0.25, 0.3) is 0 Å². The van der Waals surface area contributed by atoms with Crippen molar-refractivity contribution in [3.8, 4) is 0 Å². The number of aliphatic carboxylic acids is 1. The van der Waals surface area contributed by atoms with E-state index < -0.39 is 28.3 Å². The Morgan fingerprint density at radius 3 is 2.76 bits per heavy atom. The molecule has 3 N–H and O–H groups in total. The number of carbonyl (C=O) groups is 2. The molecule has 1 amide bonds. The average molecular weight is 295 g/mol. The minimum absolute atomic E-state index is 0.0556. The Bertz CT molecular complexity index is 582. The number of carboxylic acid groups (broad SMARTS) is 1. The summed E-state index contributed by atoms with van der Waals surface area (Å²) in [5.74, 6) is -1.74. The van der Waals surface area contributed by atoms with Crippen LogP contribution in [-0.4, -0.2) is 32.9 Å². The maximum absolute atomic E-state index is 12.1. The average Bonchev–Trinajstić information content (AvgIpc) is 2.91. The van der Waals surface area contributed by atoms with Gasteiger partial charge in [-0.15, -0.1) is 0 Å². The molecule has 0 spiro atoms. The van der Waals surface area contributed by atoms with Gasteiger partial charge in [0.15, 0.2) is 5.69 Å². The van der Waals surface area contributed by atoms with E-state index in [-0.39, 0.29) is 11.5 Å². The van der Waals surface area contributed by atoms with Crippen LogP contribution in [0.1, 0.15) is 43.1 Å². The van der Waals surface area contributed by atoms with Gasteiger partial charge >= 0.3 is 11.8 Å². The molecule has 1 aromatic rings. The van der Waals surface area contributed by atoms with Crippen LogP contribution in [0.2, 0.25) is 0 Å². The van der Waals surface area contributed by atoms with Crippen molar-refractivity contribution in [2.45, 2.75) is 38.6 Å². The molecule has 1 aromatic heterocycles. The monoisotopic (exact) mass is 295 g/mol. The summed E-state index contributed by atoms with van der Waals surface area (Å²) < 4.78 is 0. The zero-order valence-corrected chi connectivity index (χ0v) is 11.6. The molecule has 0 radical (unpaired) electrons. The van der Waals surface area contributed by atoms with Gasteiger partial charge in [-0.2, -0.15) is 0 Å². The van der Waals surface area contributed by atoms with E-state index in [1.165, 1.54) is 12.1 Å². The molecule has 1 fully saturated rings. The number of carboxylic acids is 1. The van der Waals surface area contributed by atoms with Gasteiger partial charge in [-0.1, -0.05) is 12.8 Å². The lowest BCUT2D eigenvalue weighted by Gasteiger charge is -2.38. The van der Waals surface area contributed by atoms with Gasteiger partial charge in [-0.25, -0.2) is 4.98 Å². The molecule has 8 heteroatoms. The molecule has 1 heterocycles. The zero-order chi connectivity index (χ0) is 15.6. The summed E-state index contributed by atoms with van der Waals surface area (Å²) in [6.07, 6.45) is 2.73. The third kappa shape index (κ3) is 2.88. The van der Waals surface area contributed by atoms with Crippen molar-refractivity contribution in [3.05, 3.63) is 27.9 Å². The Hall–Kier alpha value is -2.38. The molecule has 21 heavy (non-hydrogen) atoms. The minimum Gasteiger partial charge on any atom is -0.481 e. The lowest BCUT2D eigenvalue weighted by Crippen LogP contribution is -2.52. The van der Waals surface area contributed by atoms with Gasteiger partial charge in [0, 0.05) is 12.1 Å². The van der Waals surface area contributed by atoms with E-state index in [4.69, 9.17) is 0 Å². The van der Waals surface area contributed by atoms with Crippen LogP contribution in [0.4, 0.5) is 5.82 Å². The molecule has 2 atom stereocenters. The fourth-order valence-corrected chi connectivity index (χ4v) is 2.68. The number of rotatable bonds is 4. The molecular weight excluding hydrogens is 278 g/mol. The Morgan fingerprint density at radius 2 is 2.19 bits per heavy atom. The quantitative estimate of drug-likeness (QED) is 0.575. The van der Waals surface area contributed by atoms with Crippen molar-refractivity contribution in [3.63, 3.8) is 0 Å². The first-order valence-electron chi connectivity index (χ1n) is 6.72. The van der Waals surface area contributed by atoms with Gasteiger partial charge in [-0.05, 0) is 30.8 Å². The molecule has 114 valence electrons. The molecule has 0 saturated heterocycles. The number of hydrogen-bond acceptors (Lipinski definition) is 4. The molecule has 2 unspecified atom stereocenters. The molecule has 1 aliphatic rings. The number of nitro groups is 1. The SMILES string of the molecule is CC1(C(=O)O)CCCCC1NC(=O)c1ccc([N+](=O)[O-])[nH]1. The van der Waals surface area contributed by atoms with Crippen molar-refractivity contribution in [1.82, 2.24) is 10.3 Å². The number of nitrogens with zero attached hydrogens (tertiary/aromatic N) is 1. The number of nitrogens with one attached hydrogen (secondary N) is 2. The van der Waals surface area contributed by atoms with Crippen LogP contribution < -0.4 is 5.32 Å². The van der Waals surface area contributed by atoms with E-state index in [0.717, 1.165) is 12.8 Å². The second-order valence-electron chi connectivity index (χ2n) is 5.51. The maximum atomic E-state index is 12.1. The van der Waals surface area contributed by atoms with Crippen LogP contribution >= 0.6 is 0 Å². The molecule has 0 aromatic carbocycles. The third-order valence-electron chi connectivity index (χ3n) is 4.11. The molecule has 0 aliphatic heterocycles. The first-order valence-corrected chi connectivity index (χ1v) is 6.72. The molecule has 2 rings (SSSR count). The smallest absolute Gasteiger partial charge is 0.321 e. The normalized spacial score (nSPS) is 25.3. The number of hydrogen-bond donors (Lipinski definition) is 3. The highest BCUT2D eigenvalue weighted by molar-refractivity contribution is 5.93. The number of aromatic nitrogens is 1. The van der Waals surface area contributed by atoms with E-state index in [1.54, 1.807) is 6.92 Å². The van der Waals surface area contributed by atoms with E-state index in [2.05, 4.69) is 10.3 Å². The Kier molecular flexibility index (Phi) is 3.97. The Labute approximate surface area is 120 Å². The highest BCUT2D eigenvalue weighted by Crippen LogP contribution is 2.36. The summed E-state index contributed by atoms with van der Waals surface area (Å²) in [7, 11) is 0. The minimum atomic E-state index is -1.01. The third-order valence-corrected chi connectivity index (χ3v) is 4.11. The number of carbonyl (C=O) groups excluding carboxylic acids is 1. The summed E-state index contributed by atoms with van der Waals surface area (Å²) in [4.78, 5) is 35.9. The van der Waals surface area contributed by atoms with Gasteiger partial charge < -0.3 is 20.5 Å². The number of aromatic amines is 1. The predicted octanol–water partition coefficient (Wildman–Crippen LogP) is 1.69. The first kappa shape index (κ1) is 15.0. The fraction of sp³-hybridized carbons (Fsp3) is 0.538. The van der Waals surface area contributed by atoms with Crippen LogP contribution in [0.5, 0.6) is 0 Å². The summed E-state index contributed by atoms with van der Waals surface area (Å²) >= 11 is 0. The highest BCUT2D eigenvalue weighted by atomic mass is 16.6. The van der Waals surface area contributed by atoms with Crippen molar-refractivity contribution in [2.75, 3.05) is 0 Å². The van der Waals surface area contributed by atoms with Gasteiger partial charge in [-0.3, -0.25) is 9.59 Å². The topological polar surface area (TPSA) is 125 Å². The summed E-state index contributed by atoms with van der Waals surface area (Å²) in [5, 5.41) is 22.6. The van der Waals surface area contributed by atoms with Crippen molar-refractivity contribution < 1.29 is 19.6 Å². The van der Waals surface area contributed by atoms with Gasteiger partial charge in [0.25, 0.3) is 5.91 Å². The summed E-state index contributed by atoms with van der Waals surface area (Å²) in [6.45, 7) is 1.62. The highest BCUT2D eigenvalue weighted by Gasteiger charge is 2.44. The number of amides is 1. The molecule has 1 saturated carbocycles. The van der Waals surface area contributed by atoms with E-state index in [1.807, 2.05) is 0 Å². The van der Waals surface area contributed by atoms with Crippen molar-refractivity contribution >= 4 is 17.7 Å². The van der Waals surface area contributed by atoms with Gasteiger partial charge in [0.1, 0.15) is 0 Å². The van der Waals surface area contributed by atoms with Crippen molar-refractivity contribution in [1.29, 1.82) is 0 Å². The van der Waals surface area contributed by atoms with E-state index in [9.17, 15) is 24.8 Å². The fourth-order valence-electron chi connectivity index (χ4n) is 2.68. The van der Waals surface area contributed by atoms with Crippen LogP contribution in [0.15, 0.2) is 12.1 Å². The van der Waals surface area contributed by atoms with Crippen molar-refractivity contribution in [2.24, 2.45) is 5.41 Å². The Balaban J connectivity index is 2.13. The van der Waals surface area contributed by atoms with Crippen LogP contribution in [0, 0.1) is 15.5 Å². The van der Waals surface area contributed by atoms with E-state index >= 15 is 0 Å². The predicted molar refractivity (Wildman–Crippen MR) is 72.9 cm³/mol. The standard InChI is InChI=1S/C13H17N3O5/c1-13(12(18)19)7-3-2-4-9(13)15-11(17)8-5-6-10(14-8)16(20)21/h5-6,9,14H,2-4,7H2,1H3,(H,15,17)(H,18,19). The molecule has 1 aliphatic carbocycles. The molecule has 0 bridgehead atoms. The lowest BCUT2D eigenvalue weighted by molar-refractivity contribution is -0.389. The summed E-state index contributed by atoms with van der Waals surface area (Å²) in [5.41, 5.74) is -0.952. The first-order chi connectivity index (χ1) is 9.84. The van der Waals surface area contributed by atoms with Crippen LogP contribution in [0.3, 0.4) is 0 Å². The van der Waals surface area contributed by atoms with Gasteiger partial charge in [0.2, 0.25) is 0 Å². The molecular formula is C13H17N3O5. The van der Waals surface area contributed by atoms with E-state index in [0.29, 0.717) is 12.8 Å². The lowest BCUT2D eigenvalue weighted by atomic mass is 9.71.